The fourth-order valence-electron chi connectivity index (χ4n) is 2.09. The molecule has 9 heteroatoms. The van der Waals surface area contributed by atoms with Crippen molar-refractivity contribution in [3.63, 3.8) is 0 Å². The van der Waals surface area contributed by atoms with Gasteiger partial charge in [-0.2, -0.15) is 8.78 Å². The molecule has 0 aromatic heterocycles. The average Bonchev–Trinajstić information content (AvgIpc) is 2.51. The number of halogens is 2. The van der Waals surface area contributed by atoms with E-state index in [2.05, 4.69) is 10.0 Å². The van der Waals surface area contributed by atoms with Gasteiger partial charge < -0.3 is 5.32 Å². The number of sulfonamides is 1. The zero-order valence-electron chi connectivity index (χ0n) is 13.2. The molecule has 2 rings (SSSR count). The van der Waals surface area contributed by atoms with Crippen LogP contribution in [-0.4, -0.2) is 26.3 Å². The van der Waals surface area contributed by atoms with E-state index in [1.807, 2.05) is 0 Å². The first-order valence-corrected chi connectivity index (χ1v) is 9.90. The fourth-order valence-corrected chi connectivity index (χ4v) is 3.28. The van der Waals surface area contributed by atoms with Crippen LogP contribution in [-0.2, 0) is 16.6 Å². The first-order chi connectivity index (χ1) is 11.7. The maximum Gasteiger partial charge on any atom is 0.288 e. The lowest BCUT2D eigenvalue weighted by molar-refractivity contribution is 0.0948. The summed E-state index contributed by atoms with van der Waals surface area (Å²) >= 11 is 0.313. The van der Waals surface area contributed by atoms with Gasteiger partial charge in [0.1, 0.15) is 0 Å². The minimum absolute atomic E-state index is 0.131. The molecule has 0 saturated heterocycles. The van der Waals surface area contributed by atoms with Crippen molar-refractivity contribution < 1.29 is 22.0 Å². The number of carbonyl (C=O) groups is 1. The molecule has 0 aliphatic carbocycles. The second-order valence-corrected chi connectivity index (χ2v) is 7.91. The summed E-state index contributed by atoms with van der Waals surface area (Å²) in [5, 5.41) is 2.64. The van der Waals surface area contributed by atoms with Crippen molar-refractivity contribution in [1.29, 1.82) is 0 Å². The smallest absolute Gasteiger partial charge is 0.288 e. The van der Waals surface area contributed by atoms with Gasteiger partial charge in [0.05, 0.1) is 11.8 Å². The molecule has 2 N–H and O–H groups in total. The Morgan fingerprint density at radius 3 is 2.56 bits per heavy atom. The summed E-state index contributed by atoms with van der Waals surface area (Å²) in [6.45, 7) is 0.131. The quantitative estimate of drug-likeness (QED) is 0.716. The molecule has 0 saturated carbocycles. The summed E-state index contributed by atoms with van der Waals surface area (Å²) in [6, 6.07) is 12.7. The lowest BCUT2D eigenvalue weighted by Crippen LogP contribution is -2.23. The lowest BCUT2D eigenvalue weighted by atomic mass is 10.2. The van der Waals surface area contributed by atoms with E-state index in [-0.39, 0.29) is 17.0 Å². The predicted octanol–water partition coefficient (Wildman–Crippen LogP) is 3.30. The number of thioether (sulfide) groups is 1. The molecular weight excluding hydrogens is 370 g/mol. The van der Waals surface area contributed by atoms with Crippen LogP contribution < -0.4 is 10.0 Å². The van der Waals surface area contributed by atoms with Crippen LogP contribution in [0.3, 0.4) is 0 Å². The van der Waals surface area contributed by atoms with E-state index in [0.717, 1.165) is 6.26 Å². The SMILES string of the molecule is CS(=O)(=O)Nc1cccc(CNC(=O)c2ccccc2SC(F)F)c1. The van der Waals surface area contributed by atoms with Gasteiger partial charge in [0.15, 0.2) is 0 Å². The lowest BCUT2D eigenvalue weighted by Gasteiger charge is -2.10. The molecule has 0 aliphatic heterocycles. The van der Waals surface area contributed by atoms with Crippen molar-refractivity contribution in [2.24, 2.45) is 0 Å². The average molecular weight is 386 g/mol. The second-order valence-electron chi connectivity index (χ2n) is 5.13. The zero-order chi connectivity index (χ0) is 18.4. The molecule has 0 aliphatic rings. The largest absolute Gasteiger partial charge is 0.348 e. The second kappa shape index (κ2) is 8.30. The molecule has 0 fully saturated rings. The van der Waals surface area contributed by atoms with E-state index in [1.54, 1.807) is 36.4 Å². The Morgan fingerprint density at radius 2 is 1.88 bits per heavy atom. The summed E-state index contributed by atoms with van der Waals surface area (Å²) in [5.41, 5.74) is 1.21. The number of rotatable bonds is 7. The minimum Gasteiger partial charge on any atom is -0.348 e. The number of amides is 1. The normalized spacial score (nSPS) is 11.4. The summed E-state index contributed by atoms with van der Waals surface area (Å²) in [7, 11) is -3.40. The van der Waals surface area contributed by atoms with E-state index < -0.39 is 21.7 Å². The standard InChI is InChI=1S/C16H16F2N2O3S2/c1-25(22,23)20-12-6-4-5-11(9-12)10-19-15(21)13-7-2-3-8-14(13)24-16(17)18/h2-9,16,20H,10H2,1H3,(H,19,21). The number of hydrogen-bond acceptors (Lipinski definition) is 4. The number of hydrogen-bond donors (Lipinski definition) is 2. The van der Waals surface area contributed by atoms with E-state index in [0.29, 0.717) is 23.0 Å². The fraction of sp³-hybridized carbons (Fsp3) is 0.188. The topological polar surface area (TPSA) is 75.3 Å². The van der Waals surface area contributed by atoms with Crippen LogP contribution in [0.5, 0.6) is 0 Å². The van der Waals surface area contributed by atoms with Gasteiger partial charge in [-0.3, -0.25) is 9.52 Å². The highest BCUT2D eigenvalue weighted by atomic mass is 32.2. The molecule has 0 unspecified atom stereocenters. The molecule has 2 aromatic rings. The van der Waals surface area contributed by atoms with Crippen molar-refractivity contribution in [2.45, 2.75) is 17.2 Å². The number of benzene rings is 2. The van der Waals surface area contributed by atoms with Gasteiger partial charge in [0.25, 0.3) is 11.7 Å². The molecule has 0 heterocycles. The molecule has 5 nitrogen and oxygen atoms in total. The van der Waals surface area contributed by atoms with Gasteiger partial charge in [0.2, 0.25) is 10.0 Å². The van der Waals surface area contributed by atoms with Gasteiger partial charge in [-0.1, -0.05) is 36.0 Å². The van der Waals surface area contributed by atoms with Crippen molar-refractivity contribution >= 4 is 33.4 Å². The molecule has 2 aromatic carbocycles. The van der Waals surface area contributed by atoms with Gasteiger partial charge in [-0.15, -0.1) is 0 Å². The van der Waals surface area contributed by atoms with Crippen LogP contribution in [0.4, 0.5) is 14.5 Å². The molecule has 0 spiro atoms. The molecule has 1 amide bonds. The van der Waals surface area contributed by atoms with E-state index in [4.69, 9.17) is 0 Å². The number of nitrogens with one attached hydrogen (secondary N) is 2. The maximum absolute atomic E-state index is 12.6. The Balaban J connectivity index is 2.07. The van der Waals surface area contributed by atoms with Crippen LogP contribution in [0.2, 0.25) is 0 Å². The highest BCUT2D eigenvalue weighted by Gasteiger charge is 2.15. The summed E-state index contributed by atoms with van der Waals surface area (Å²) in [5.74, 6) is -3.10. The molecule has 0 bridgehead atoms. The van der Waals surface area contributed by atoms with Crippen molar-refractivity contribution in [3.05, 3.63) is 59.7 Å². The molecule has 25 heavy (non-hydrogen) atoms. The summed E-state index contributed by atoms with van der Waals surface area (Å²) in [4.78, 5) is 12.4. The van der Waals surface area contributed by atoms with E-state index in [9.17, 15) is 22.0 Å². The summed E-state index contributed by atoms with van der Waals surface area (Å²) < 4.78 is 50.0. The van der Waals surface area contributed by atoms with Crippen molar-refractivity contribution in [1.82, 2.24) is 5.32 Å². The monoisotopic (exact) mass is 386 g/mol. The number of carbonyl (C=O) groups excluding carboxylic acids is 1. The molecular formula is C16H16F2N2O3S2. The molecule has 0 atom stereocenters. The van der Waals surface area contributed by atoms with Gasteiger partial charge >= 0.3 is 0 Å². The van der Waals surface area contributed by atoms with Crippen molar-refractivity contribution in [3.8, 4) is 0 Å². The Labute approximate surface area is 148 Å². The van der Waals surface area contributed by atoms with Crippen LogP contribution in [0.25, 0.3) is 0 Å². The van der Waals surface area contributed by atoms with Crippen molar-refractivity contribution in [2.75, 3.05) is 11.0 Å². The minimum atomic E-state index is -3.40. The summed E-state index contributed by atoms with van der Waals surface area (Å²) in [6.07, 6.45) is 1.04. The predicted molar refractivity (Wildman–Crippen MR) is 94.4 cm³/mol. The molecule has 134 valence electrons. The third kappa shape index (κ3) is 6.35. The first-order valence-electron chi connectivity index (χ1n) is 7.13. The van der Waals surface area contributed by atoms with Crippen LogP contribution >= 0.6 is 11.8 Å². The third-order valence-electron chi connectivity index (χ3n) is 3.03. The first kappa shape index (κ1) is 19.2. The number of anilines is 1. The van der Waals surface area contributed by atoms with Crippen LogP contribution in [0.15, 0.2) is 53.4 Å². The number of alkyl halides is 2. The third-order valence-corrected chi connectivity index (χ3v) is 4.43. The maximum atomic E-state index is 12.6. The highest BCUT2D eigenvalue weighted by Crippen LogP contribution is 2.28. The highest BCUT2D eigenvalue weighted by molar-refractivity contribution is 7.99. The Hall–Kier alpha value is -2.13. The van der Waals surface area contributed by atoms with Crippen LogP contribution in [0.1, 0.15) is 15.9 Å². The van der Waals surface area contributed by atoms with E-state index in [1.165, 1.54) is 12.1 Å². The molecule has 0 radical (unpaired) electrons. The zero-order valence-corrected chi connectivity index (χ0v) is 14.8. The van der Waals surface area contributed by atoms with Crippen LogP contribution in [0, 0.1) is 0 Å². The van der Waals surface area contributed by atoms with Gasteiger partial charge in [-0.05, 0) is 29.8 Å². The Bertz CT molecular complexity index is 858. The Morgan fingerprint density at radius 1 is 1.16 bits per heavy atom. The Kier molecular flexibility index (Phi) is 6.38. The van der Waals surface area contributed by atoms with Gasteiger partial charge in [-0.25, -0.2) is 8.42 Å². The van der Waals surface area contributed by atoms with E-state index >= 15 is 0 Å². The van der Waals surface area contributed by atoms with Gasteiger partial charge in [0, 0.05) is 17.1 Å².